The van der Waals surface area contributed by atoms with E-state index >= 15 is 0 Å². The van der Waals surface area contributed by atoms with E-state index in [0.29, 0.717) is 26.9 Å². The standard InChI is InChI=1S/C19H13ClFN5O2S/c1-10-8-16(25-18(27)12-3-2-11(21)9-13(12)20)29-17(10)19(28)24-15-4-6-22-14-5-7-23-26(14)15/h2-9H,1H3,(H,24,28)(H,25,27). The van der Waals surface area contributed by atoms with Crippen LogP contribution in [0.2, 0.25) is 5.02 Å². The van der Waals surface area contributed by atoms with Gasteiger partial charge in [0.15, 0.2) is 5.65 Å². The number of thiophene rings is 1. The smallest absolute Gasteiger partial charge is 0.267 e. The van der Waals surface area contributed by atoms with Gasteiger partial charge in [-0.25, -0.2) is 9.37 Å². The molecule has 0 saturated carbocycles. The first-order chi connectivity index (χ1) is 13.9. The van der Waals surface area contributed by atoms with Gasteiger partial charge in [0.2, 0.25) is 0 Å². The Morgan fingerprint density at radius 1 is 1.10 bits per heavy atom. The van der Waals surface area contributed by atoms with Crippen LogP contribution in [0.25, 0.3) is 5.65 Å². The number of hydrogen-bond donors (Lipinski definition) is 2. The fourth-order valence-electron chi connectivity index (χ4n) is 2.72. The second-order valence-electron chi connectivity index (χ2n) is 6.09. The average molecular weight is 430 g/mol. The molecule has 0 spiro atoms. The summed E-state index contributed by atoms with van der Waals surface area (Å²) in [6, 6.07) is 8.58. The van der Waals surface area contributed by atoms with Gasteiger partial charge < -0.3 is 10.6 Å². The fraction of sp³-hybridized carbons (Fsp3) is 0.0526. The summed E-state index contributed by atoms with van der Waals surface area (Å²) in [6.07, 6.45) is 3.16. The van der Waals surface area contributed by atoms with Crippen molar-refractivity contribution in [2.45, 2.75) is 6.92 Å². The zero-order valence-corrected chi connectivity index (χ0v) is 16.5. The molecule has 0 aliphatic heterocycles. The van der Waals surface area contributed by atoms with Crippen molar-refractivity contribution in [3.63, 3.8) is 0 Å². The highest BCUT2D eigenvalue weighted by atomic mass is 35.5. The molecule has 7 nitrogen and oxygen atoms in total. The monoisotopic (exact) mass is 429 g/mol. The molecule has 0 aliphatic rings. The molecular formula is C19H13ClFN5O2S. The highest BCUT2D eigenvalue weighted by Gasteiger charge is 2.18. The largest absolute Gasteiger partial charge is 0.313 e. The van der Waals surface area contributed by atoms with E-state index in [0.717, 1.165) is 23.5 Å². The van der Waals surface area contributed by atoms with Crippen LogP contribution in [0.5, 0.6) is 0 Å². The number of nitrogens with zero attached hydrogens (tertiary/aromatic N) is 3. The van der Waals surface area contributed by atoms with Gasteiger partial charge >= 0.3 is 0 Å². The summed E-state index contributed by atoms with van der Waals surface area (Å²) < 4.78 is 14.7. The number of anilines is 2. The topological polar surface area (TPSA) is 88.4 Å². The van der Waals surface area contributed by atoms with Gasteiger partial charge in [-0.15, -0.1) is 11.3 Å². The number of aromatic nitrogens is 3. The molecule has 4 aromatic rings. The average Bonchev–Trinajstić information content (AvgIpc) is 3.28. The zero-order chi connectivity index (χ0) is 20.5. The number of benzene rings is 1. The fourth-order valence-corrected chi connectivity index (χ4v) is 3.94. The van der Waals surface area contributed by atoms with Gasteiger partial charge in [0.1, 0.15) is 11.6 Å². The van der Waals surface area contributed by atoms with Crippen molar-refractivity contribution < 1.29 is 14.0 Å². The third-order valence-electron chi connectivity index (χ3n) is 4.07. The van der Waals surface area contributed by atoms with Gasteiger partial charge in [0.05, 0.1) is 26.7 Å². The summed E-state index contributed by atoms with van der Waals surface area (Å²) in [7, 11) is 0. The molecule has 0 atom stereocenters. The summed E-state index contributed by atoms with van der Waals surface area (Å²) in [6.45, 7) is 1.77. The van der Waals surface area contributed by atoms with E-state index in [4.69, 9.17) is 11.6 Å². The van der Waals surface area contributed by atoms with Crippen LogP contribution in [0.3, 0.4) is 0 Å². The lowest BCUT2D eigenvalue weighted by atomic mass is 10.2. The molecule has 0 fully saturated rings. The molecule has 2 amide bonds. The van der Waals surface area contributed by atoms with Crippen LogP contribution in [0.4, 0.5) is 15.2 Å². The Labute approximate surface area is 173 Å². The van der Waals surface area contributed by atoms with Crippen molar-refractivity contribution >= 4 is 51.2 Å². The molecular weight excluding hydrogens is 417 g/mol. The minimum Gasteiger partial charge on any atom is -0.313 e. The first kappa shape index (κ1) is 19.0. The second-order valence-corrected chi connectivity index (χ2v) is 7.55. The molecule has 29 heavy (non-hydrogen) atoms. The van der Waals surface area contributed by atoms with E-state index in [9.17, 15) is 14.0 Å². The summed E-state index contributed by atoms with van der Waals surface area (Å²) in [4.78, 5) is 29.7. The summed E-state index contributed by atoms with van der Waals surface area (Å²) in [5, 5.41) is 10.1. The van der Waals surface area contributed by atoms with E-state index in [2.05, 4.69) is 20.7 Å². The number of amides is 2. The Kier molecular flexibility index (Phi) is 4.99. The van der Waals surface area contributed by atoms with Gasteiger partial charge in [-0.2, -0.15) is 9.61 Å². The van der Waals surface area contributed by atoms with Crippen LogP contribution in [-0.2, 0) is 0 Å². The number of halogens is 2. The van der Waals surface area contributed by atoms with Crippen LogP contribution in [-0.4, -0.2) is 26.4 Å². The van der Waals surface area contributed by atoms with Gasteiger partial charge in [0.25, 0.3) is 11.8 Å². The summed E-state index contributed by atoms with van der Waals surface area (Å²) >= 11 is 7.05. The number of nitrogens with one attached hydrogen (secondary N) is 2. The zero-order valence-electron chi connectivity index (χ0n) is 14.9. The molecule has 2 N–H and O–H groups in total. The SMILES string of the molecule is Cc1cc(NC(=O)c2ccc(F)cc2Cl)sc1C(=O)Nc1ccnc2ccnn12. The normalized spacial score (nSPS) is 10.9. The predicted molar refractivity (Wildman–Crippen MR) is 109 cm³/mol. The van der Waals surface area contributed by atoms with Crippen LogP contribution in [0, 0.1) is 12.7 Å². The van der Waals surface area contributed by atoms with Crippen molar-refractivity contribution in [2.24, 2.45) is 0 Å². The first-order valence-corrected chi connectivity index (χ1v) is 9.59. The third-order valence-corrected chi connectivity index (χ3v) is 5.53. The first-order valence-electron chi connectivity index (χ1n) is 8.39. The van der Waals surface area contributed by atoms with Gasteiger partial charge in [-0.1, -0.05) is 11.6 Å². The number of aryl methyl sites for hydroxylation is 1. The Bertz CT molecular complexity index is 1250. The van der Waals surface area contributed by atoms with Crippen LogP contribution >= 0.6 is 22.9 Å². The molecule has 10 heteroatoms. The molecule has 0 unspecified atom stereocenters. The minimum atomic E-state index is -0.528. The highest BCUT2D eigenvalue weighted by molar-refractivity contribution is 7.18. The molecule has 3 heterocycles. The van der Waals surface area contributed by atoms with E-state index < -0.39 is 11.7 Å². The van der Waals surface area contributed by atoms with Crippen molar-refractivity contribution in [1.82, 2.24) is 14.6 Å². The van der Waals surface area contributed by atoms with Crippen molar-refractivity contribution in [3.05, 3.63) is 75.6 Å². The van der Waals surface area contributed by atoms with Gasteiger partial charge in [-0.3, -0.25) is 9.59 Å². The molecule has 0 radical (unpaired) electrons. The molecule has 3 aromatic heterocycles. The summed E-state index contributed by atoms with van der Waals surface area (Å²) in [5.41, 5.74) is 1.44. The van der Waals surface area contributed by atoms with E-state index in [-0.39, 0.29) is 16.5 Å². The lowest BCUT2D eigenvalue weighted by Gasteiger charge is -2.06. The van der Waals surface area contributed by atoms with Gasteiger partial charge in [0, 0.05) is 12.3 Å². The van der Waals surface area contributed by atoms with Crippen molar-refractivity contribution in [3.8, 4) is 0 Å². The molecule has 146 valence electrons. The van der Waals surface area contributed by atoms with Crippen LogP contribution in [0.15, 0.2) is 48.8 Å². The molecule has 1 aromatic carbocycles. The maximum atomic E-state index is 13.2. The highest BCUT2D eigenvalue weighted by Crippen LogP contribution is 2.29. The second kappa shape index (κ2) is 7.61. The number of carbonyl (C=O) groups is 2. The maximum Gasteiger partial charge on any atom is 0.267 e. The number of fused-ring (bicyclic) bond motifs is 1. The number of hydrogen-bond acceptors (Lipinski definition) is 5. The van der Waals surface area contributed by atoms with E-state index in [1.165, 1.54) is 10.6 Å². The number of carbonyl (C=O) groups excluding carboxylic acids is 2. The Morgan fingerprint density at radius 2 is 1.93 bits per heavy atom. The number of rotatable bonds is 4. The quantitative estimate of drug-likeness (QED) is 0.503. The Hall–Kier alpha value is -3.30. The minimum absolute atomic E-state index is 0.00895. The van der Waals surface area contributed by atoms with Crippen molar-refractivity contribution in [2.75, 3.05) is 10.6 Å². The Balaban J connectivity index is 1.53. The van der Waals surface area contributed by atoms with Crippen molar-refractivity contribution in [1.29, 1.82) is 0 Å². The molecule has 0 aliphatic carbocycles. The molecule has 4 rings (SSSR count). The Morgan fingerprint density at radius 3 is 2.72 bits per heavy atom. The lowest BCUT2D eigenvalue weighted by molar-refractivity contribution is 0.101. The van der Waals surface area contributed by atoms with Gasteiger partial charge in [-0.05, 0) is 42.8 Å². The van der Waals surface area contributed by atoms with E-state index in [1.54, 1.807) is 37.5 Å². The van der Waals surface area contributed by atoms with Crippen LogP contribution < -0.4 is 10.6 Å². The molecule has 0 bridgehead atoms. The maximum absolute atomic E-state index is 13.2. The molecule has 0 saturated heterocycles. The van der Waals surface area contributed by atoms with Crippen LogP contribution in [0.1, 0.15) is 25.6 Å². The lowest BCUT2D eigenvalue weighted by Crippen LogP contribution is -2.14. The predicted octanol–water partition coefficient (Wildman–Crippen LogP) is 4.40. The van der Waals surface area contributed by atoms with E-state index in [1.807, 2.05) is 0 Å². The third kappa shape index (κ3) is 3.82. The summed E-state index contributed by atoms with van der Waals surface area (Å²) in [5.74, 6) is -0.882.